The predicted octanol–water partition coefficient (Wildman–Crippen LogP) is 2.17. The maximum absolute atomic E-state index is 12.6. The van der Waals surface area contributed by atoms with E-state index >= 15 is 0 Å². The van der Waals surface area contributed by atoms with Gasteiger partial charge in [0.15, 0.2) is 17.5 Å². The van der Waals surface area contributed by atoms with E-state index in [1.807, 2.05) is 6.07 Å². The minimum Gasteiger partial charge on any atom is -0.382 e. The number of carbonyl (C=O) groups is 1. The van der Waals surface area contributed by atoms with Crippen molar-refractivity contribution in [1.29, 1.82) is 0 Å². The number of para-hydroxylation sites is 1. The average molecular weight is 491 g/mol. The zero-order chi connectivity index (χ0) is 24.3. The van der Waals surface area contributed by atoms with Crippen LogP contribution in [0, 0.1) is 0 Å². The highest BCUT2D eigenvalue weighted by Crippen LogP contribution is 2.41. The summed E-state index contributed by atoms with van der Waals surface area (Å²) in [6.07, 6.45) is 3.38. The Morgan fingerprint density at radius 1 is 1.29 bits per heavy atom. The molecular formula is C20H26N7O6P. The minimum absolute atomic E-state index is 0.123. The van der Waals surface area contributed by atoms with E-state index in [0.29, 0.717) is 29.7 Å². The molecule has 4 N–H and O–H groups in total. The number of carbonyl (C=O) groups excluding carboxylic acids is 1. The zero-order valence-corrected chi connectivity index (χ0v) is 19.6. The van der Waals surface area contributed by atoms with Crippen LogP contribution in [-0.2, 0) is 28.0 Å². The summed E-state index contributed by atoms with van der Waals surface area (Å²) in [6.45, 7) is 1.41. The second-order valence-electron chi connectivity index (χ2n) is 7.64. The van der Waals surface area contributed by atoms with Crippen LogP contribution in [0.3, 0.4) is 0 Å². The summed E-state index contributed by atoms with van der Waals surface area (Å²) < 4.78 is 30.6. The van der Waals surface area contributed by atoms with Crippen LogP contribution in [0.2, 0.25) is 0 Å². The zero-order valence-electron chi connectivity index (χ0n) is 18.7. The molecule has 1 saturated heterocycles. The second-order valence-corrected chi connectivity index (χ2v) is 9.16. The fraction of sp³-hybridized carbons (Fsp3) is 0.400. The molecule has 3 aromatic rings. The number of nitrogens with zero attached hydrogens (tertiary/aromatic N) is 5. The molecule has 13 nitrogen and oxygen atoms in total. The number of nitrogen functional groups attached to an aromatic ring is 1. The molecule has 0 saturated carbocycles. The molecular weight excluding hydrogens is 465 g/mol. The molecule has 3 heterocycles. The van der Waals surface area contributed by atoms with Crippen molar-refractivity contribution in [3.05, 3.63) is 43.0 Å². The lowest BCUT2D eigenvalue weighted by Crippen LogP contribution is -2.39. The molecule has 2 aromatic heterocycles. The molecule has 0 aliphatic carbocycles. The number of ether oxygens (including phenoxy) is 1. The smallest absolute Gasteiger partial charge is 0.382 e. The van der Waals surface area contributed by atoms with Crippen molar-refractivity contribution in [3.8, 4) is 0 Å². The van der Waals surface area contributed by atoms with E-state index in [-0.39, 0.29) is 18.7 Å². The standard InChI is InChI=1S/C20H26N7O6P/c1-13(27(30-2)14-6-4-3-5-7-14)20(28)33-34(22,29)31-10-15-8-9-16(32-15)26-12-25-17-18(21)23-11-24-19(17)26/h3-7,11-13,15-16H,8-10H2,1-2H3,(H2,22,29)(H2,21,23,24)/t13-,15-,16+,34?/m0/s1. The number of hydrogen-bond donors (Lipinski definition) is 2. The van der Waals surface area contributed by atoms with Gasteiger partial charge >= 0.3 is 13.7 Å². The number of hydroxylamine groups is 1. The first-order valence-corrected chi connectivity index (χ1v) is 12.1. The predicted molar refractivity (Wildman–Crippen MR) is 122 cm³/mol. The van der Waals surface area contributed by atoms with Crippen molar-refractivity contribution >= 4 is 36.4 Å². The molecule has 0 amide bonds. The third-order valence-corrected chi connectivity index (χ3v) is 6.28. The maximum Gasteiger partial charge on any atom is 0.458 e. The lowest BCUT2D eigenvalue weighted by atomic mass is 10.2. The van der Waals surface area contributed by atoms with Crippen LogP contribution in [0.15, 0.2) is 43.0 Å². The number of nitrogens with two attached hydrogens (primary N) is 2. The van der Waals surface area contributed by atoms with E-state index < -0.39 is 25.9 Å². The van der Waals surface area contributed by atoms with Crippen LogP contribution in [0.5, 0.6) is 0 Å². The molecule has 1 aliphatic heterocycles. The summed E-state index contributed by atoms with van der Waals surface area (Å²) in [5.74, 6) is -0.579. The van der Waals surface area contributed by atoms with Crippen LogP contribution in [0.4, 0.5) is 11.5 Å². The number of rotatable bonds is 9. The minimum atomic E-state index is -4.19. The van der Waals surface area contributed by atoms with E-state index in [1.165, 1.54) is 25.4 Å². The SMILES string of the molecule is CON(c1ccccc1)[C@@H](C)C(=O)OP(N)(=O)OC[C@@H]1CC[C@H](n2cnc3c(N)ncnc32)O1. The van der Waals surface area contributed by atoms with Crippen LogP contribution in [0.1, 0.15) is 26.0 Å². The van der Waals surface area contributed by atoms with E-state index in [0.717, 1.165) is 0 Å². The fourth-order valence-corrected chi connectivity index (χ4v) is 4.50. The quantitative estimate of drug-likeness (QED) is 0.331. The summed E-state index contributed by atoms with van der Waals surface area (Å²) in [4.78, 5) is 30.2. The van der Waals surface area contributed by atoms with E-state index in [9.17, 15) is 9.36 Å². The third kappa shape index (κ3) is 5.18. The van der Waals surface area contributed by atoms with Gasteiger partial charge in [0.2, 0.25) is 0 Å². The second kappa shape index (κ2) is 10.0. The number of hydrogen-bond acceptors (Lipinski definition) is 11. The Kier molecular flexibility index (Phi) is 7.10. The van der Waals surface area contributed by atoms with Gasteiger partial charge in [0, 0.05) is 0 Å². The molecule has 1 aromatic carbocycles. The largest absolute Gasteiger partial charge is 0.458 e. The lowest BCUT2D eigenvalue weighted by molar-refractivity contribution is -0.138. The van der Waals surface area contributed by atoms with Crippen LogP contribution < -0.4 is 16.3 Å². The molecule has 1 unspecified atom stereocenters. The van der Waals surface area contributed by atoms with Crippen molar-refractivity contribution in [3.63, 3.8) is 0 Å². The molecule has 1 aliphatic rings. The Hall–Kier alpha value is -3.09. The van der Waals surface area contributed by atoms with Crippen LogP contribution in [-0.4, -0.2) is 51.4 Å². The Morgan fingerprint density at radius 2 is 2.06 bits per heavy atom. The molecule has 14 heteroatoms. The van der Waals surface area contributed by atoms with E-state index in [1.54, 1.807) is 35.2 Å². The van der Waals surface area contributed by atoms with Gasteiger partial charge in [-0.25, -0.2) is 34.9 Å². The van der Waals surface area contributed by atoms with Gasteiger partial charge in [0.25, 0.3) is 0 Å². The average Bonchev–Trinajstić information content (AvgIpc) is 3.46. The van der Waals surface area contributed by atoms with Crippen molar-refractivity contribution in [2.24, 2.45) is 5.50 Å². The normalized spacial score (nSPS) is 20.7. The van der Waals surface area contributed by atoms with Crippen molar-refractivity contribution < 1.29 is 28.0 Å². The summed E-state index contributed by atoms with van der Waals surface area (Å²) in [5, 5.41) is 1.32. The van der Waals surface area contributed by atoms with Gasteiger partial charge in [-0.1, -0.05) is 18.2 Å². The highest BCUT2D eigenvalue weighted by atomic mass is 31.2. The first-order valence-electron chi connectivity index (χ1n) is 10.5. The Bertz CT molecular complexity index is 1190. The van der Waals surface area contributed by atoms with Gasteiger partial charge < -0.3 is 15.0 Å². The Balaban J connectivity index is 1.32. The number of benzene rings is 1. The van der Waals surface area contributed by atoms with Gasteiger partial charge in [-0.15, -0.1) is 0 Å². The maximum atomic E-state index is 12.6. The molecule has 0 radical (unpaired) electrons. The molecule has 0 bridgehead atoms. The fourth-order valence-electron chi connectivity index (χ4n) is 3.67. The van der Waals surface area contributed by atoms with Gasteiger partial charge in [0.1, 0.15) is 18.1 Å². The molecule has 34 heavy (non-hydrogen) atoms. The van der Waals surface area contributed by atoms with E-state index in [4.69, 9.17) is 29.9 Å². The molecule has 1 fully saturated rings. The molecule has 4 atom stereocenters. The highest BCUT2D eigenvalue weighted by molar-refractivity contribution is 7.51. The Labute approximate surface area is 195 Å². The summed E-state index contributed by atoms with van der Waals surface area (Å²) >= 11 is 0. The third-order valence-electron chi connectivity index (χ3n) is 5.34. The summed E-state index contributed by atoms with van der Waals surface area (Å²) in [5.41, 5.74) is 13.1. The van der Waals surface area contributed by atoms with Crippen LogP contribution >= 0.6 is 7.75 Å². The number of anilines is 2. The summed E-state index contributed by atoms with van der Waals surface area (Å²) in [6, 6.07) is 7.99. The van der Waals surface area contributed by atoms with Crippen molar-refractivity contribution in [2.75, 3.05) is 24.5 Å². The molecule has 182 valence electrons. The monoisotopic (exact) mass is 491 g/mol. The van der Waals surface area contributed by atoms with Gasteiger partial charge in [-0.3, -0.25) is 13.9 Å². The molecule has 4 rings (SSSR count). The van der Waals surface area contributed by atoms with E-state index in [2.05, 4.69) is 15.0 Å². The number of aromatic nitrogens is 4. The van der Waals surface area contributed by atoms with Crippen molar-refractivity contribution in [1.82, 2.24) is 19.5 Å². The van der Waals surface area contributed by atoms with Crippen LogP contribution in [0.25, 0.3) is 11.2 Å². The van der Waals surface area contributed by atoms with Gasteiger partial charge in [0.05, 0.1) is 31.8 Å². The first-order chi connectivity index (χ1) is 16.3. The van der Waals surface area contributed by atoms with Crippen molar-refractivity contribution in [2.45, 2.75) is 38.1 Å². The van der Waals surface area contributed by atoms with Gasteiger partial charge in [-0.05, 0) is 31.9 Å². The lowest BCUT2D eigenvalue weighted by Gasteiger charge is -2.27. The number of imidazole rings is 1. The summed E-state index contributed by atoms with van der Waals surface area (Å²) in [7, 11) is -2.78. The molecule has 0 spiro atoms. The highest BCUT2D eigenvalue weighted by Gasteiger charge is 2.34. The Morgan fingerprint density at radius 3 is 2.79 bits per heavy atom. The first kappa shape index (κ1) is 24.0. The number of fused-ring (bicyclic) bond motifs is 1. The van der Waals surface area contributed by atoms with Gasteiger partial charge in [-0.2, -0.15) is 0 Å². The topological polar surface area (TPSA) is 170 Å².